The molecule has 5 rings (SSSR count). The van der Waals surface area contributed by atoms with Crippen LogP contribution in [-0.2, 0) is 90.2 Å². The normalized spacial score (nSPS) is 13.2. The van der Waals surface area contributed by atoms with Gasteiger partial charge in [0.15, 0.2) is 0 Å². The standard InChI is InChI=1S/C67H86N6O13/c1-47(82-43-51-26-16-12-17-27-51)61(70-49(3)74)64(79)69-42-59(76)73-62(48(2)83-44-52-28-18-13-19-29-52)65(80)72-56(34-24-10-8-7-9-11-25-35-60(77)86-67(4,5)6)63(78)68-41-58(75)71-57(66(81)85-46-54-32-22-15-23-33-54)40-50-36-38-55(39-37-50)84-45-53-30-20-14-21-31-53/h12-23,26-33,36-39,47-48,56-57,61-62H,7-11,24-25,34-35,40-46H2,1-6H3,(H,68,78)(H,69,79)(H,70,74)(H,71,75)(H,72,80)(H,73,76)/t47-,48-,56+,57+,61+,62+/m1/s1. The molecule has 0 fully saturated rings. The lowest BCUT2D eigenvalue weighted by atomic mass is 10.0. The van der Waals surface area contributed by atoms with Crippen LogP contribution in [0.1, 0.15) is 127 Å². The van der Waals surface area contributed by atoms with Gasteiger partial charge in [-0.05, 0) is 87.4 Å². The molecule has 6 amide bonds. The van der Waals surface area contributed by atoms with Gasteiger partial charge in [-0.25, -0.2) is 4.79 Å². The van der Waals surface area contributed by atoms with Gasteiger partial charge >= 0.3 is 11.9 Å². The maximum absolute atomic E-state index is 14.6. The molecule has 6 N–H and O–H groups in total. The molecular formula is C67H86N6O13. The second-order valence-electron chi connectivity index (χ2n) is 22.2. The molecule has 462 valence electrons. The van der Waals surface area contributed by atoms with Crippen LogP contribution in [0.4, 0.5) is 0 Å². The summed E-state index contributed by atoms with van der Waals surface area (Å²) < 4.78 is 29.1. The second kappa shape index (κ2) is 37.1. The number of carbonyl (C=O) groups excluding carboxylic acids is 8. The van der Waals surface area contributed by atoms with Gasteiger partial charge in [0.1, 0.15) is 48.7 Å². The van der Waals surface area contributed by atoms with Gasteiger partial charge in [0, 0.05) is 19.8 Å². The van der Waals surface area contributed by atoms with Crippen molar-refractivity contribution in [3.8, 4) is 5.75 Å². The molecule has 0 saturated carbocycles. The fourth-order valence-electron chi connectivity index (χ4n) is 8.99. The average molecular weight is 1180 g/mol. The highest BCUT2D eigenvalue weighted by Crippen LogP contribution is 2.18. The number of rotatable bonds is 37. The van der Waals surface area contributed by atoms with Gasteiger partial charge in [-0.3, -0.25) is 33.6 Å². The van der Waals surface area contributed by atoms with Crippen LogP contribution in [0, 0.1) is 0 Å². The second-order valence-corrected chi connectivity index (χ2v) is 22.2. The fraction of sp³-hybridized carbons (Fsp3) is 0.433. The van der Waals surface area contributed by atoms with E-state index < -0.39 is 96.5 Å². The zero-order valence-corrected chi connectivity index (χ0v) is 50.4. The predicted octanol–water partition coefficient (Wildman–Crippen LogP) is 7.81. The third-order valence-corrected chi connectivity index (χ3v) is 13.6. The average Bonchev–Trinajstić information content (AvgIpc) is 3.69. The maximum atomic E-state index is 14.6. The number of carbonyl (C=O) groups is 8. The van der Waals surface area contributed by atoms with Gasteiger partial charge in [0.2, 0.25) is 35.4 Å². The van der Waals surface area contributed by atoms with Crippen molar-refractivity contribution in [2.75, 3.05) is 13.1 Å². The first-order valence-corrected chi connectivity index (χ1v) is 29.5. The number of amides is 6. The summed E-state index contributed by atoms with van der Waals surface area (Å²) in [5.74, 6) is -4.49. The summed E-state index contributed by atoms with van der Waals surface area (Å²) in [6, 6.07) is 39.4. The molecular weight excluding hydrogens is 1100 g/mol. The molecule has 0 aromatic heterocycles. The third kappa shape index (κ3) is 27.1. The van der Waals surface area contributed by atoms with Gasteiger partial charge in [0.05, 0.1) is 38.5 Å². The molecule has 0 radical (unpaired) electrons. The van der Waals surface area contributed by atoms with E-state index >= 15 is 0 Å². The van der Waals surface area contributed by atoms with Gasteiger partial charge in [0.25, 0.3) is 0 Å². The van der Waals surface area contributed by atoms with Crippen molar-refractivity contribution < 1.29 is 62.0 Å². The van der Waals surface area contributed by atoms with Crippen LogP contribution in [0.2, 0.25) is 0 Å². The molecule has 0 spiro atoms. The lowest BCUT2D eigenvalue weighted by molar-refractivity contribution is -0.155. The first-order valence-electron chi connectivity index (χ1n) is 29.5. The van der Waals surface area contributed by atoms with Gasteiger partial charge in [-0.2, -0.15) is 0 Å². The predicted molar refractivity (Wildman–Crippen MR) is 325 cm³/mol. The van der Waals surface area contributed by atoms with Crippen molar-refractivity contribution in [1.29, 1.82) is 0 Å². The molecule has 0 aliphatic rings. The first kappa shape index (κ1) is 68.4. The van der Waals surface area contributed by atoms with Crippen molar-refractivity contribution in [3.63, 3.8) is 0 Å². The fourth-order valence-corrected chi connectivity index (χ4v) is 8.99. The highest BCUT2D eigenvalue weighted by molar-refractivity contribution is 5.95. The van der Waals surface area contributed by atoms with Crippen molar-refractivity contribution in [2.45, 2.75) is 174 Å². The van der Waals surface area contributed by atoms with E-state index in [1.807, 2.05) is 142 Å². The molecule has 19 nitrogen and oxygen atoms in total. The van der Waals surface area contributed by atoms with Crippen LogP contribution in [0.3, 0.4) is 0 Å². The number of unbranched alkanes of at least 4 members (excludes halogenated alkanes) is 6. The molecule has 5 aromatic rings. The minimum absolute atomic E-state index is 0.0418. The maximum Gasteiger partial charge on any atom is 0.329 e. The Labute approximate surface area is 505 Å². The zero-order valence-electron chi connectivity index (χ0n) is 50.4. The smallest absolute Gasteiger partial charge is 0.329 e. The van der Waals surface area contributed by atoms with Crippen molar-refractivity contribution in [1.82, 2.24) is 31.9 Å². The largest absolute Gasteiger partial charge is 0.489 e. The lowest BCUT2D eigenvalue weighted by Crippen LogP contribution is -2.59. The number of benzene rings is 5. The molecule has 19 heteroatoms. The van der Waals surface area contributed by atoms with Crippen LogP contribution in [0.25, 0.3) is 0 Å². The molecule has 0 aliphatic heterocycles. The molecule has 0 bridgehead atoms. The lowest BCUT2D eigenvalue weighted by Gasteiger charge is -2.28. The first-order chi connectivity index (χ1) is 41.3. The summed E-state index contributed by atoms with van der Waals surface area (Å²) in [5.41, 5.74) is 3.53. The number of esters is 2. The summed E-state index contributed by atoms with van der Waals surface area (Å²) in [6.45, 7) is 9.33. The molecule has 0 unspecified atom stereocenters. The van der Waals surface area contributed by atoms with E-state index in [1.54, 1.807) is 38.1 Å². The van der Waals surface area contributed by atoms with E-state index in [-0.39, 0.29) is 38.6 Å². The van der Waals surface area contributed by atoms with Crippen LogP contribution >= 0.6 is 0 Å². The summed E-state index contributed by atoms with van der Waals surface area (Å²) in [7, 11) is 0. The van der Waals surface area contributed by atoms with E-state index in [0.29, 0.717) is 43.6 Å². The van der Waals surface area contributed by atoms with E-state index in [1.165, 1.54) is 6.92 Å². The Kier molecular flexibility index (Phi) is 29.5. The van der Waals surface area contributed by atoms with Crippen molar-refractivity contribution in [2.24, 2.45) is 0 Å². The molecule has 0 aliphatic carbocycles. The Hall–Kier alpha value is -8.42. The van der Waals surface area contributed by atoms with Crippen LogP contribution < -0.4 is 36.6 Å². The highest BCUT2D eigenvalue weighted by Gasteiger charge is 2.33. The Balaban J connectivity index is 1.28. The van der Waals surface area contributed by atoms with E-state index in [9.17, 15) is 38.4 Å². The zero-order chi connectivity index (χ0) is 62.1. The summed E-state index contributed by atoms with van der Waals surface area (Å²) in [6.07, 6.45) is 3.98. The van der Waals surface area contributed by atoms with E-state index in [4.69, 9.17) is 23.7 Å². The van der Waals surface area contributed by atoms with Crippen molar-refractivity contribution >= 4 is 47.4 Å². The third-order valence-electron chi connectivity index (χ3n) is 13.6. The van der Waals surface area contributed by atoms with E-state index in [0.717, 1.165) is 47.9 Å². The van der Waals surface area contributed by atoms with Crippen LogP contribution in [0.5, 0.6) is 5.75 Å². The Bertz CT molecular complexity index is 2870. The SMILES string of the molecule is CC(=O)N[C@H](C(=O)NCC(=O)N[C@H](C(=O)N[C@@H](CCCCCCCCCC(=O)OC(C)(C)C)C(=O)NCC(=O)N[C@@H](Cc1ccc(OCc2ccccc2)cc1)C(=O)OCc1ccccc1)[C@@H](C)OCc1ccccc1)[C@@H](C)OCc1ccccc1. The number of nitrogens with one attached hydrogen (secondary N) is 6. The van der Waals surface area contributed by atoms with Gasteiger partial charge in [-0.1, -0.05) is 172 Å². The monoisotopic (exact) mass is 1180 g/mol. The summed E-state index contributed by atoms with van der Waals surface area (Å²) in [4.78, 5) is 108. The number of hydrogen-bond acceptors (Lipinski definition) is 13. The minimum Gasteiger partial charge on any atom is -0.489 e. The highest BCUT2D eigenvalue weighted by atomic mass is 16.6. The van der Waals surface area contributed by atoms with Crippen LogP contribution in [-0.4, -0.2) is 102 Å². The molecule has 5 aromatic carbocycles. The Morgan fingerprint density at radius 2 is 0.907 bits per heavy atom. The summed E-state index contributed by atoms with van der Waals surface area (Å²) >= 11 is 0. The minimum atomic E-state index is -1.41. The van der Waals surface area contributed by atoms with Crippen molar-refractivity contribution in [3.05, 3.63) is 173 Å². The van der Waals surface area contributed by atoms with Gasteiger partial charge in [-0.15, -0.1) is 0 Å². The van der Waals surface area contributed by atoms with E-state index in [2.05, 4.69) is 31.9 Å². The number of hydrogen-bond donors (Lipinski definition) is 6. The Morgan fingerprint density at radius 3 is 1.42 bits per heavy atom. The molecule has 6 atom stereocenters. The summed E-state index contributed by atoms with van der Waals surface area (Å²) in [5, 5.41) is 16.0. The number of ether oxygens (including phenoxy) is 5. The molecule has 0 saturated heterocycles. The molecule has 0 heterocycles. The van der Waals surface area contributed by atoms with Crippen LogP contribution in [0.15, 0.2) is 146 Å². The quantitative estimate of drug-likeness (QED) is 0.0164. The van der Waals surface area contributed by atoms with Gasteiger partial charge < -0.3 is 55.6 Å². The molecule has 86 heavy (non-hydrogen) atoms. The Morgan fingerprint density at radius 1 is 0.453 bits per heavy atom. The topological polar surface area (TPSA) is 255 Å².